The summed E-state index contributed by atoms with van der Waals surface area (Å²) in [5.74, 6) is 0.0662. The van der Waals surface area contributed by atoms with Crippen LogP contribution < -0.4 is 0 Å². The van der Waals surface area contributed by atoms with Gasteiger partial charge in [-0.15, -0.1) is 0 Å². The molecule has 0 aliphatic carbocycles. The van der Waals surface area contributed by atoms with E-state index in [1.807, 2.05) is 17.0 Å². The highest BCUT2D eigenvalue weighted by Crippen LogP contribution is 2.40. The Hall–Kier alpha value is -2.31. The summed E-state index contributed by atoms with van der Waals surface area (Å²) >= 11 is 0. The molecule has 3 heterocycles. The fourth-order valence-corrected chi connectivity index (χ4v) is 3.83. The molecular weight excluding hydrogens is 347 g/mol. The fraction of sp³-hybridized carbons (Fsp3) is 0.429. The smallest absolute Gasteiger partial charge is 0.227 e. The number of hydrogen-bond donors (Lipinski definition) is 0. The number of carbonyl (C=O) groups excluding carboxylic acids is 1. The van der Waals surface area contributed by atoms with Crippen LogP contribution in [0, 0.1) is 11.7 Å². The first-order valence-corrected chi connectivity index (χ1v) is 9.27. The third-order valence-corrected chi connectivity index (χ3v) is 5.48. The lowest BCUT2D eigenvalue weighted by Gasteiger charge is -2.50. The van der Waals surface area contributed by atoms with Crippen LogP contribution in [-0.2, 0) is 27.3 Å². The van der Waals surface area contributed by atoms with Crippen molar-refractivity contribution in [3.05, 3.63) is 65.7 Å². The van der Waals surface area contributed by atoms with E-state index in [4.69, 9.17) is 9.47 Å². The highest BCUT2D eigenvalue weighted by Gasteiger charge is 2.54. The van der Waals surface area contributed by atoms with Crippen LogP contribution in [0.3, 0.4) is 0 Å². The minimum absolute atomic E-state index is 0.0548. The Kier molecular flexibility index (Phi) is 5.18. The first kappa shape index (κ1) is 18.1. The van der Waals surface area contributed by atoms with Gasteiger partial charge in [0.15, 0.2) is 0 Å². The van der Waals surface area contributed by atoms with Gasteiger partial charge in [-0.25, -0.2) is 4.39 Å². The SMILES string of the molecule is O=C(Cc1ccc(F)cc1)N1CC2(C1)OCC[C@H]2COCc1ccncc1. The van der Waals surface area contributed by atoms with Gasteiger partial charge in [0.2, 0.25) is 5.91 Å². The summed E-state index contributed by atoms with van der Waals surface area (Å²) in [6, 6.07) is 9.97. The van der Waals surface area contributed by atoms with Crippen molar-refractivity contribution in [2.75, 3.05) is 26.3 Å². The topological polar surface area (TPSA) is 51.7 Å². The Bertz CT molecular complexity index is 776. The second-order valence-electron chi connectivity index (χ2n) is 7.32. The summed E-state index contributed by atoms with van der Waals surface area (Å²) in [6.45, 7) is 3.11. The van der Waals surface area contributed by atoms with Crippen LogP contribution in [0.2, 0.25) is 0 Å². The molecule has 142 valence electrons. The number of rotatable bonds is 6. The summed E-state index contributed by atoms with van der Waals surface area (Å²) in [6.07, 6.45) is 4.76. The standard InChI is InChI=1S/C21H23FN2O3/c22-19-3-1-16(2-4-19)11-20(25)24-14-21(15-24)18(7-10-27-21)13-26-12-17-5-8-23-9-6-17/h1-6,8-9,18H,7,10-15H2/t18-/m0/s1. The van der Waals surface area contributed by atoms with Gasteiger partial charge in [0.05, 0.1) is 32.7 Å². The van der Waals surface area contributed by atoms with Crippen molar-refractivity contribution in [1.82, 2.24) is 9.88 Å². The highest BCUT2D eigenvalue weighted by molar-refractivity contribution is 5.80. The molecule has 1 spiro atoms. The highest BCUT2D eigenvalue weighted by atomic mass is 19.1. The molecule has 0 bridgehead atoms. The first-order chi connectivity index (χ1) is 13.1. The molecule has 2 fully saturated rings. The maximum Gasteiger partial charge on any atom is 0.227 e. The van der Waals surface area contributed by atoms with Gasteiger partial charge in [-0.3, -0.25) is 9.78 Å². The number of ether oxygens (including phenoxy) is 2. The Balaban J connectivity index is 1.27. The van der Waals surface area contributed by atoms with Crippen LogP contribution in [0.5, 0.6) is 0 Å². The molecule has 1 atom stereocenters. The Labute approximate surface area is 158 Å². The van der Waals surface area contributed by atoms with Gasteiger partial charge in [0, 0.05) is 24.9 Å². The number of likely N-dealkylation sites (tertiary alicyclic amines) is 1. The van der Waals surface area contributed by atoms with Gasteiger partial charge >= 0.3 is 0 Å². The molecule has 1 amide bonds. The molecule has 2 aliphatic heterocycles. The minimum Gasteiger partial charge on any atom is -0.376 e. The molecule has 4 rings (SSSR count). The zero-order valence-corrected chi connectivity index (χ0v) is 15.1. The van der Waals surface area contributed by atoms with Crippen molar-refractivity contribution in [2.45, 2.75) is 25.0 Å². The summed E-state index contributed by atoms with van der Waals surface area (Å²) in [4.78, 5) is 18.3. The number of halogens is 1. The van der Waals surface area contributed by atoms with Crippen molar-refractivity contribution >= 4 is 5.91 Å². The molecule has 0 N–H and O–H groups in total. The first-order valence-electron chi connectivity index (χ1n) is 9.27. The van der Waals surface area contributed by atoms with E-state index >= 15 is 0 Å². The molecule has 0 unspecified atom stereocenters. The van der Waals surface area contributed by atoms with Gasteiger partial charge in [0.25, 0.3) is 0 Å². The second-order valence-corrected chi connectivity index (χ2v) is 7.32. The van der Waals surface area contributed by atoms with Crippen molar-refractivity contribution in [2.24, 2.45) is 5.92 Å². The molecule has 6 heteroatoms. The minimum atomic E-state index is -0.289. The zero-order chi connectivity index (χ0) is 18.7. The number of nitrogens with zero attached hydrogens (tertiary/aromatic N) is 2. The monoisotopic (exact) mass is 370 g/mol. The average molecular weight is 370 g/mol. The fourth-order valence-electron chi connectivity index (χ4n) is 3.83. The van der Waals surface area contributed by atoms with Crippen LogP contribution >= 0.6 is 0 Å². The molecule has 2 saturated heterocycles. The lowest BCUT2D eigenvalue weighted by molar-refractivity contribution is -0.168. The van der Waals surface area contributed by atoms with Gasteiger partial charge in [-0.2, -0.15) is 0 Å². The molecule has 5 nitrogen and oxygen atoms in total. The normalized spacial score (nSPS) is 20.6. The van der Waals surface area contributed by atoms with Crippen molar-refractivity contribution < 1.29 is 18.7 Å². The molecule has 27 heavy (non-hydrogen) atoms. The molecule has 0 radical (unpaired) electrons. The van der Waals surface area contributed by atoms with Crippen LogP contribution in [0.1, 0.15) is 17.5 Å². The third-order valence-electron chi connectivity index (χ3n) is 5.48. The van der Waals surface area contributed by atoms with Crippen LogP contribution in [0.25, 0.3) is 0 Å². The van der Waals surface area contributed by atoms with E-state index in [9.17, 15) is 9.18 Å². The number of aromatic nitrogens is 1. The van der Waals surface area contributed by atoms with E-state index in [1.165, 1.54) is 12.1 Å². The summed E-state index contributed by atoms with van der Waals surface area (Å²) in [5, 5.41) is 0. The van der Waals surface area contributed by atoms with Crippen molar-refractivity contribution in [3.8, 4) is 0 Å². The van der Waals surface area contributed by atoms with Gasteiger partial charge in [-0.05, 0) is 41.8 Å². The van der Waals surface area contributed by atoms with Crippen molar-refractivity contribution in [1.29, 1.82) is 0 Å². The lowest BCUT2D eigenvalue weighted by atomic mass is 9.81. The number of amides is 1. The maximum absolute atomic E-state index is 13.0. The van der Waals surface area contributed by atoms with Crippen LogP contribution in [0.15, 0.2) is 48.8 Å². The van der Waals surface area contributed by atoms with E-state index in [1.54, 1.807) is 24.5 Å². The van der Waals surface area contributed by atoms with E-state index in [2.05, 4.69) is 4.98 Å². The molecule has 1 aromatic heterocycles. The predicted molar refractivity (Wildman–Crippen MR) is 97.4 cm³/mol. The van der Waals surface area contributed by atoms with Crippen LogP contribution in [-0.4, -0.2) is 47.7 Å². The number of benzene rings is 1. The largest absolute Gasteiger partial charge is 0.376 e. The van der Waals surface area contributed by atoms with E-state index < -0.39 is 0 Å². The molecule has 0 saturated carbocycles. The third kappa shape index (κ3) is 4.01. The molecule has 2 aliphatic rings. The van der Waals surface area contributed by atoms with Crippen molar-refractivity contribution in [3.63, 3.8) is 0 Å². The van der Waals surface area contributed by atoms with Gasteiger partial charge in [0.1, 0.15) is 11.4 Å². The lowest BCUT2D eigenvalue weighted by Crippen LogP contribution is -2.66. The Morgan fingerprint density at radius 2 is 1.93 bits per heavy atom. The van der Waals surface area contributed by atoms with Gasteiger partial charge < -0.3 is 14.4 Å². The summed E-state index contributed by atoms with van der Waals surface area (Å²) < 4.78 is 24.9. The molecule has 1 aromatic carbocycles. The zero-order valence-electron chi connectivity index (χ0n) is 15.1. The number of hydrogen-bond acceptors (Lipinski definition) is 4. The predicted octanol–water partition coefficient (Wildman–Crippen LogP) is 2.60. The van der Waals surface area contributed by atoms with E-state index in [0.717, 1.165) is 17.5 Å². The summed E-state index contributed by atoms with van der Waals surface area (Å²) in [5.41, 5.74) is 1.66. The van der Waals surface area contributed by atoms with E-state index in [-0.39, 0.29) is 17.3 Å². The quantitative estimate of drug-likeness (QED) is 0.784. The molecular formula is C21H23FN2O3. The summed E-state index contributed by atoms with van der Waals surface area (Å²) in [7, 11) is 0. The Morgan fingerprint density at radius 1 is 1.19 bits per heavy atom. The number of pyridine rings is 1. The maximum atomic E-state index is 13.0. The Morgan fingerprint density at radius 3 is 2.67 bits per heavy atom. The number of carbonyl (C=O) groups is 1. The van der Waals surface area contributed by atoms with E-state index in [0.29, 0.717) is 45.2 Å². The molecule has 2 aromatic rings. The van der Waals surface area contributed by atoms with Gasteiger partial charge in [-0.1, -0.05) is 12.1 Å². The van der Waals surface area contributed by atoms with Crippen LogP contribution in [0.4, 0.5) is 4.39 Å². The second kappa shape index (κ2) is 7.74. The average Bonchev–Trinajstić information content (AvgIpc) is 3.07.